The molecule has 0 amide bonds. The highest BCUT2D eigenvalue weighted by Crippen LogP contribution is 2.18. The fourth-order valence-corrected chi connectivity index (χ4v) is 1.88. The van der Waals surface area contributed by atoms with Gasteiger partial charge >= 0.3 is 0 Å². The Hall–Kier alpha value is -2.17. The summed E-state index contributed by atoms with van der Waals surface area (Å²) >= 11 is 0. The van der Waals surface area contributed by atoms with Gasteiger partial charge in [-0.15, -0.1) is 0 Å². The zero-order valence-electron chi connectivity index (χ0n) is 9.75. The fraction of sp³-hybridized carbons (Fsp3) is 0.250. The van der Waals surface area contributed by atoms with Crippen molar-refractivity contribution in [2.75, 3.05) is 0 Å². The second-order valence-electron chi connectivity index (χ2n) is 4.19. The lowest BCUT2D eigenvalue weighted by atomic mass is 10.2. The Morgan fingerprint density at radius 1 is 1.35 bits per heavy atom. The van der Waals surface area contributed by atoms with Gasteiger partial charge in [-0.2, -0.15) is 5.10 Å². The first kappa shape index (κ1) is 10.0. The minimum absolute atomic E-state index is 0.0604. The predicted molar refractivity (Wildman–Crippen MR) is 64.7 cm³/mol. The van der Waals surface area contributed by atoms with Gasteiger partial charge in [0.15, 0.2) is 0 Å². The van der Waals surface area contributed by atoms with Gasteiger partial charge in [0.25, 0.3) is 0 Å². The van der Waals surface area contributed by atoms with Crippen LogP contribution in [0, 0.1) is 6.92 Å². The highest BCUT2D eigenvalue weighted by Gasteiger charge is 2.12. The van der Waals surface area contributed by atoms with E-state index in [1.54, 1.807) is 11.0 Å². The minimum atomic E-state index is 0.0604. The summed E-state index contributed by atoms with van der Waals surface area (Å²) < 4.78 is 1.78. The first-order valence-electron chi connectivity index (χ1n) is 5.54. The Labute approximate surface area is 98.5 Å². The van der Waals surface area contributed by atoms with Gasteiger partial charge in [-0.05, 0) is 31.5 Å². The summed E-state index contributed by atoms with van der Waals surface area (Å²) in [6.07, 6.45) is 3.23. The van der Waals surface area contributed by atoms with Crippen molar-refractivity contribution in [3.63, 3.8) is 0 Å². The van der Waals surface area contributed by atoms with E-state index in [9.17, 15) is 0 Å². The molecule has 2 aromatic heterocycles. The lowest BCUT2D eigenvalue weighted by Crippen LogP contribution is -2.08. The van der Waals surface area contributed by atoms with Gasteiger partial charge in [-0.25, -0.2) is 14.6 Å². The number of H-pyrrole nitrogens is 1. The molecular weight excluding hydrogens is 214 g/mol. The molecule has 3 aromatic rings. The SMILES string of the molecule is Cc1ccc2nc(C(C)n3cncn3)[nH]c2c1. The molecule has 0 saturated heterocycles. The van der Waals surface area contributed by atoms with Crippen LogP contribution in [0.15, 0.2) is 30.9 Å². The number of fused-ring (bicyclic) bond motifs is 1. The number of imidazole rings is 1. The number of aromatic amines is 1. The Morgan fingerprint density at radius 3 is 3.00 bits per heavy atom. The van der Waals surface area contributed by atoms with E-state index in [-0.39, 0.29) is 6.04 Å². The lowest BCUT2D eigenvalue weighted by Gasteiger charge is -2.06. The van der Waals surface area contributed by atoms with Crippen LogP contribution in [0.25, 0.3) is 11.0 Å². The molecule has 1 N–H and O–H groups in total. The van der Waals surface area contributed by atoms with Gasteiger partial charge < -0.3 is 4.98 Å². The quantitative estimate of drug-likeness (QED) is 0.729. The van der Waals surface area contributed by atoms with E-state index in [2.05, 4.69) is 39.1 Å². The van der Waals surface area contributed by atoms with Crippen molar-refractivity contribution in [2.45, 2.75) is 19.9 Å². The molecule has 0 spiro atoms. The molecule has 0 aliphatic carbocycles. The number of nitrogens with zero attached hydrogens (tertiary/aromatic N) is 4. The maximum Gasteiger partial charge on any atom is 0.137 e. The van der Waals surface area contributed by atoms with Gasteiger partial charge in [0.05, 0.1) is 11.0 Å². The minimum Gasteiger partial charge on any atom is -0.340 e. The fourth-order valence-electron chi connectivity index (χ4n) is 1.88. The average Bonchev–Trinajstić information content (AvgIpc) is 2.96. The molecule has 17 heavy (non-hydrogen) atoms. The van der Waals surface area contributed by atoms with Gasteiger partial charge in [0.2, 0.25) is 0 Å². The van der Waals surface area contributed by atoms with Gasteiger partial charge in [0.1, 0.15) is 24.5 Å². The molecule has 1 atom stereocenters. The molecule has 86 valence electrons. The molecule has 2 heterocycles. The third-order valence-corrected chi connectivity index (χ3v) is 2.88. The number of aryl methyl sites for hydroxylation is 1. The normalized spacial score (nSPS) is 13.1. The Bertz CT molecular complexity index is 638. The highest BCUT2D eigenvalue weighted by atomic mass is 15.3. The third kappa shape index (κ3) is 1.69. The summed E-state index contributed by atoms with van der Waals surface area (Å²) in [5.74, 6) is 0.899. The van der Waals surface area contributed by atoms with Crippen LogP contribution in [0.2, 0.25) is 0 Å². The first-order chi connectivity index (χ1) is 8.24. The molecule has 0 saturated carbocycles. The first-order valence-corrected chi connectivity index (χ1v) is 5.54. The van der Waals surface area contributed by atoms with E-state index < -0.39 is 0 Å². The van der Waals surface area contributed by atoms with Crippen molar-refractivity contribution in [2.24, 2.45) is 0 Å². The molecule has 0 aliphatic heterocycles. The number of hydrogen-bond donors (Lipinski definition) is 1. The van der Waals surface area contributed by atoms with Crippen molar-refractivity contribution in [1.82, 2.24) is 24.7 Å². The maximum absolute atomic E-state index is 4.57. The van der Waals surface area contributed by atoms with Gasteiger partial charge in [0, 0.05) is 0 Å². The summed E-state index contributed by atoms with van der Waals surface area (Å²) in [4.78, 5) is 11.8. The lowest BCUT2D eigenvalue weighted by molar-refractivity contribution is 0.541. The van der Waals surface area contributed by atoms with Crippen molar-refractivity contribution in [3.05, 3.63) is 42.2 Å². The Balaban J connectivity index is 2.06. The topological polar surface area (TPSA) is 59.4 Å². The standard InChI is InChI=1S/C12H13N5/c1-8-3-4-10-11(5-8)16-12(15-10)9(2)17-7-13-6-14-17/h3-7,9H,1-2H3,(H,15,16). The molecule has 1 unspecified atom stereocenters. The van der Waals surface area contributed by atoms with Crippen LogP contribution in [-0.2, 0) is 0 Å². The second kappa shape index (κ2) is 3.69. The van der Waals surface area contributed by atoms with Crippen LogP contribution in [0.5, 0.6) is 0 Å². The van der Waals surface area contributed by atoms with E-state index in [1.165, 1.54) is 11.9 Å². The summed E-state index contributed by atoms with van der Waals surface area (Å²) in [7, 11) is 0. The van der Waals surface area contributed by atoms with Crippen molar-refractivity contribution in [1.29, 1.82) is 0 Å². The molecule has 0 radical (unpaired) electrons. The smallest absolute Gasteiger partial charge is 0.137 e. The number of nitrogens with one attached hydrogen (secondary N) is 1. The van der Waals surface area contributed by atoms with E-state index >= 15 is 0 Å². The predicted octanol–water partition coefficient (Wildman–Crippen LogP) is 2.07. The van der Waals surface area contributed by atoms with E-state index in [0.717, 1.165) is 16.9 Å². The summed E-state index contributed by atoms with van der Waals surface area (Å²) in [6, 6.07) is 6.25. The highest BCUT2D eigenvalue weighted by molar-refractivity contribution is 5.75. The number of rotatable bonds is 2. The van der Waals surface area contributed by atoms with Crippen molar-refractivity contribution >= 4 is 11.0 Å². The van der Waals surface area contributed by atoms with Crippen LogP contribution in [0.3, 0.4) is 0 Å². The number of hydrogen-bond acceptors (Lipinski definition) is 3. The maximum atomic E-state index is 4.57. The average molecular weight is 227 g/mol. The summed E-state index contributed by atoms with van der Waals surface area (Å²) in [5.41, 5.74) is 3.27. The Kier molecular flexibility index (Phi) is 2.18. The molecule has 0 aliphatic rings. The van der Waals surface area contributed by atoms with Gasteiger partial charge in [-0.3, -0.25) is 0 Å². The molecule has 0 fully saturated rings. The van der Waals surface area contributed by atoms with Crippen LogP contribution >= 0.6 is 0 Å². The summed E-state index contributed by atoms with van der Waals surface area (Å²) in [5, 5.41) is 4.13. The summed E-state index contributed by atoms with van der Waals surface area (Å²) in [6.45, 7) is 4.11. The van der Waals surface area contributed by atoms with Crippen molar-refractivity contribution < 1.29 is 0 Å². The van der Waals surface area contributed by atoms with Gasteiger partial charge in [-0.1, -0.05) is 6.07 Å². The van der Waals surface area contributed by atoms with Crippen LogP contribution in [0.4, 0.5) is 0 Å². The Morgan fingerprint density at radius 2 is 2.24 bits per heavy atom. The molecule has 5 nitrogen and oxygen atoms in total. The second-order valence-corrected chi connectivity index (χ2v) is 4.19. The molecule has 5 heteroatoms. The number of benzene rings is 1. The van der Waals surface area contributed by atoms with E-state index in [4.69, 9.17) is 0 Å². The largest absolute Gasteiger partial charge is 0.340 e. The zero-order valence-corrected chi connectivity index (χ0v) is 9.75. The van der Waals surface area contributed by atoms with Crippen molar-refractivity contribution in [3.8, 4) is 0 Å². The van der Waals surface area contributed by atoms with Crippen LogP contribution in [0.1, 0.15) is 24.4 Å². The monoisotopic (exact) mass is 227 g/mol. The van der Waals surface area contributed by atoms with Crippen LogP contribution in [-0.4, -0.2) is 24.7 Å². The van der Waals surface area contributed by atoms with E-state index in [1.807, 2.05) is 13.0 Å². The molecule has 0 bridgehead atoms. The number of aromatic nitrogens is 5. The van der Waals surface area contributed by atoms with Crippen LogP contribution < -0.4 is 0 Å². The molecule has 3 rings (SSSR count). The third-order valence-electron chi connectivity index (χ3n) is 2.88. The molecule has 1 aromatic carbocycles. The zero-order chi connectivity index (χ0) is 11.8. The van der Waals surface area contributed by atoms with E-state index in [0.29, 0.717) is 0 Å². The molecular formula is C12H13N5.